The van der Waals surface area contributed by atoms with E-state index in [4.69, 9.17) is 4.74 Å². The minimum absolute atomic E-state index is 0.0269. The number of fused-ring (bicyclic) bond motifs is 2. The number of ether oxygens (including phenoxy) is 1. The van der Waals surface area contributed by atoms with Crippen molar-refractivity contribution in [3.63, 3.8) is 0 Å². The van der Waals surface area contributed by atoms with Crippen molar-refractivity contribution in [1.82, 2.24) is 13.9 Å². The van der Waals surface area contributed by atoms with E-state index in [1.54, 1.807) is 17.6 Å². The van der Waals surface area contributed by atoms with Crippen LogP contribution < -0.4 is 10.9 Å². The third-order valence-corrected chi connectivity index (χ3v) is 7.76. The Morgan fingerprint density at radius 1 is 1.17 bits per heavy atom. The third kappa shape index (κ3) is 4.69. The summed E-state index contributed by atoms with van der Waals surface area (Å²) in [6.45, 7) is 3.78. The van der Waals surface area contributed by atoms with Gasteiger partial charge in [-0.05, 0) is 56.2 Å². The van der Waals surface area contributed by atoms with E-state index in [1.165, 1.54) is 51.4 Å². The van der Waals surface area contributed by atoms with Crippen molar-refractivity contribution < 1.29 is 22.7 Å². The second-order valence-corrected chi connectivity index (χ2v) is 10.8. The molecule has 1 aliphatic heterocycles. The van der Waals surface area contributed by atoms with Crippen LogP contribution in [0.25, 0.3) is 10.9 Å². The molecule has 0 unspecified atom stereocenters. The van der Waals surface area contributed by atoms with E-state index >= 15 is 0 Å². The standard InChI is InChI=1S/C24H26N4O6S/c1-14-7-9-17(35(32,33)27(3)4)13-19(14)26-22(29)15(2)34-24(31)16-8-10-18-20(12-16)25-21-6-5-11-28(21)23(18)30/h7-10,12-13,15H,5-6,11H2,1-4H3,(H,26,29)/t15-/m1/s1. The Morgan fingerprint density at radius 2 is 1.91 bits per heavy atom. The number of aryl methyl sites for hydroxylation is 2. The second kappa shape index (κ2) is 9.23. The van der Waals surface area contributed by atoms with Gasteiger partial charge in [-0.15, -0.1) is 0 Å². The molecule has 1 amide bonds. The number of sulfonamides is 1. The molecule has 10 nitrogen and oxygen atoms in total. The molecule has 2 aromatic carbocycles. The van der Waals surface area contributed by atoms with Gasteiger partial charge in [-0.1, -0.05) is 6.07 Å². The predicted octanol–water partition coefficient (Wildman–Crippen LogP) is 2.09. The van der Waals surface area contributed by atoms with Crippen molar-refractivity contribution in [2.24, 2.45) is 0 Å². The molecule has 0 spiro atoms. The van der Waals surface area contributed by atoms with E-state index in [0.29, 0.717) is 40.9 Å². The van der Waals surface area contributed by atoms with E-state index in [2.05, 4.69) is 10.3 Å². The van der Waals surface area contributed by atoms with Crippen LogP contribution in [0.5, 0.6) is 0 Å². The van der Waals surface area contributed by atoms with Crippen LogP contribution in [-0.4, -0.2) is 54.3 Å². The first-order chi connectivity index (χ1) is 16.5. The number of amides is 1. The largest absolute Gasteiger partial charge is 0.449 e. The summed E-state index contributed by atoms with van der Waals surface area (Å²) in [5.74, 6) is -0.664. The molecule has 11 heteroatoms. The topological polar surface area (TPSA) is 128 Å². The summed E-state index contributed by atoms with van der Waals surface area (Å²) in [6.07, 6.45) is 0.391. The zero-order valence-electron chi connectivity index (χ0n) is 19.9. The number of hydrogen-bond donors (Lipinski definition) is 1. The maximum Gasteiger partial charge on any atom is 0.338 e. The fraction of sp³-hybridized carbons (Fsp3) is 0.333. The molecule has 1 aromatic heterocycles. The van der Waals surface area contributed by atoms with E-state index in [0.717, 1.165) is 10.7 Å². The number of aromatic nitrogens is 2. The van der Waals surface area contributed by atoms with Gasteiger partial charge in [-0.2, -0.15) is 0 Å². The summed E-state index contributed by atoms with van der Waals surface area (Å²) in [4.78, 5) is 42.5. The Balaban J connectivity index is 1.50. The third-order valence-electron chi connectivity index (χ3n) is 5.95. The van der Waals surface area contributed by atoms with Gasteiger partial charge in [0.1, 0.15) is 5.82 Å². The van der Waals surface area contributed by atoms with Crippen LogP contribution >= 0.6 is 0 Å². The van der Waals surface area contributed by atoms with Crippen molar-refractivity contribution in [3.8, 4) is 0 Å². The van der Waals surface area contributed by atoms with Crippen LogP contribution in [0.4, 0.5) is 5.69 Å². The monoisotopic (exact) mass is 498 g/mol. The molecule has 0 aliphatic carbocycles. The van der Waals surface area contributed by atoms with Gasteiger partial charge in [0.05, 0.1) is 21.4 Å². The molecule has 0 saturated heterocycles. The minimum atomic E-state index is -3.69. The Bertz CT molecular complexity index is 1510. The molecule has 35 heavy (non-hydrogen) atoms. The lowest BCUT2D eigenvalue weighted by Gasteiger charge is -2.17. The highest BCUT2D eigenvalue weighted by atomic mass is 32.2. The zero-order valence-corrected chi connectivity index (χ0v) is 20.7. The first kappa shape index (κ1) is 24.6. The van der Waals surface area contributed by atoms with Crippen LogP contribution in [0, 0.1) is 6.92 Å². The van der Waals surface area contributed by atoms with Crippen molar-refractivity contribution in [2.45, 2.75) is 44.2 Å². The lowest BCUT2D eigenvalue weighted by Crippen LogP contribution is -2.30. The van der Waals surface area contributed by atoms with Gasteiger partial charge in [0.25, 0.3) is 11.5 Å². The smallest absolute Gasteiger partial charge is 0.338 e. The quantitative estimate of drug-likeness (QED) is 0.516. The average molecular weight is 499 g/mol. The summed E-state index contributed by atoms with van der Waals surface area (Å²) >= 11 is 0. The number of rotatable bonds is 6. The van der Waals surface area contributed by atoms with Crippen molar-refractivity contribution in [2.75, 3.05) is 19.4 Å². The molecule has 0 saturated carbocycles. The molecule has 1 N–H and O–H groups in total. The number of nitrogens with one attached hydrogen (secondary N) is 1. The van der Waals surface area contributed by atoms with Gasteiger partial charge in [-0.3, -0.25) is 14.2 Å². The first-order valence-electron chi connectivity index (χ1n) is 11.1. The molecule has 0 bridgehead atoms. The van der Waals surface area contributed by atoms with Crippen LogP contribution in [0.1, 0.15) is 35.1 Å². The number of esters is 1. The van der Waals surface area contributed by atoms with E-state index < -0.39 is 28.0 Å². The van der Waals surface area contributed by atoms with Crippen LogP contribution in [-0.2, 0) is 32.5 Å². The van der Waals surface area contributed by atoms with Gasteiger partial charge in [0.15, 0.2) is 6.10 Å². The molecule has 0 fully saturated rings. The molecule has 4 rings (SSSR count). The Morgan fingerprint density at radius 3 is 2.63 bits per heavy atom. The number of hydrogen-bond acceptors (Lipinski definition) is 7. The zero-order chi connectivity index (χ0) is 25.5. The van der Waals surface area contributed by atoms with E-state index in [1.807, 2.05) is 0 Å². The van der Waals surface area contributed by atoms with Crippen molar-refractivity contribution in [1.29, 1.82) is 0 Å². The fourth-order valence-corrected chi connectivity index (χ4v) is 4.76. The predicted molar refractivity (Wildman–Crippen MR) is 130 cm³/mol. The summed E-state index contributed by atoms with van der Waals surface area (Å²) in [6, 6.07) is 8.91. The number of benzene rings is 2. The summed E-state index contributed by atoms with van der Waals surface area (Å²) in [5.41, 5.74) is 1.38. The van der Waals surface area contributed by atoms with Gasteiger partial charge in [-0.25, -0.2) is 22.5 Å². The summed E-state index contributed by atoms with van der Waals surface area (Å²) in [5, 5.41) is 3.05. The normalized spacial score (nSPS) is 14.1. The SMILES string of the molecule is Cc1ccc(S(=O)(=O)N(C)C)cc1NC(=O)[C@@H](C)OC(=O)c1ccc2c(=O)n3c(nc2c1)CCC3. The van der Waals surface area contributed by atoms with E-state index in [9.17, 15) is 22.8 Å². The Labute approximate surface area is 202 Å². The number of carbonyl (C=O) groups excluding carboxylic acids is 2. The molecule has 2 heterocycles. The minimum Gasteiger partial charge on any atom is -0.449 e. The summed E-state index contributed by atoms with van der Waals surface area (Å²) in [7, 11) is -0.849. The van der Waals surface area contributed by atoms with Crippen molar-refractivity contribution >= 4 is 38.5 Å². The van der Waals surface area contributed by atoms with Crippen LogP contribution in [0.2, 0.25) is 0 Å². The highest BCUT2D eigenvalue weighted by Crippen LogP contribution is 2.23. The van der Waals surface area contributed by atoms with Crippen LogP contribution in [0.3, 0.4) is 0 Å². The Hall–Kier alpha value is -3.57. The first-order valence-corrected chi connectivity index (χ1v) is 12.5. The molecule has 3 aromatic rings. The maximum atomic E-state index is 12.7. The number of nitrogens with zero attached hydrogens (tertiary/aromatic N) is 3. The molecular weight excluding hydrogens is 472 g/mol. The Kier molecular flexibility index (Phi) is 6.48. The van der Waals surface area contributed by atoms with Gasteiger partial charge in [0, 0.05) is 32.7 Å². The molecular formula is C24H26N4O6S. The number of anilines is 1. The average Bonchev–Trinajstić information content (AvgIpc) is 3.28. The summed E-state index contributed by atoms with van der Waals surface area (Å²) < 4.78 is 32.9. The molecule has 1 aliphatic rings. The van der Waals surface area contributed by atoms with Crippen molar-refractivity contribution in [3.05, 3.63) is 63.7 Å². The lowest BCUT2D eigenvalue weighted by molar-refractivity contribution is -0.123. The lowest BCUT2D eigenvalue weighted by atomic mass is 10.1. The van der Waals surface area contributed by atoms with Gasteiger partial charge < -0.3 is 10.1 Å². The van der Waals surface area contributed by atoms with Gasteiger partial charge >= 0.3 is 5.97 Å². The van der Waals surface area contributed by atoms with E-state index in [-0.39, 0.29) is 16.0 Å². The fourth-order valence-electron chi connectivity index (χ4n) is 3.83. The molecule has 0 radical (unpaired) electrons. The highest BCUT2D eigenvalue weighted by molar-refractivity contribution is 7.89. The highest BCUT2D eigenvalue weighted by Gasteiger charge is 2.23. The molecule has 184 valence electrons. The second-order valence-electron chi connectivity index (χ2n) is 8.62. The number of carbonyl (C=O) groups is 2. The maximum absolute atomic E-state index is 12.7. The van der Waals surface area contributed by atoms with Gasteiger partial charge in [0.2, 0.25) is 10.0 Å². The van der Waals surface area contributed by atoms with Crippen LogP contribution in [0.15, 0.2) is 46.1 Å². The molecule has 1 atom stereocenters.